The molecule has 2 aromatic rings. The summed E-state index contributed by atoms with van der Waals surface area (Å²) in [6.07, 6.45) is 0.932. The molecule has 0 amide bonds. The van der Waals surface area contributed by atoms with E-state index >= 15 is 0 Å². The normalized spacial score (nSPS) is 23.2. The fourth-order valence-corrected chi connectivity index (χ4v) is 6.42. The van der Waals surface area contributed by atoms with E-state index in [1.807, 2.05) is 0 Å². The zero-order valence-corrected chi connectivity index (χ0v) is 19.3. The third-order valence-corrected chi connectivity index (χ3v) is 8.28. The smallest absolute Gasteiger partial charge is 0.457 e. The van der Waals surface area contributed by atoms with Crippen molar-refractivity contribution in [2.24, 2.45) is 11.8 Å². The lowest BCUT2D eigenvalue weighted by atomic mass is 9.71. The van der Waals surface area contributed by atoms with Gasteiger partial charge in [-0.1, -0.05) is 19.3 Å². The molecule has 3 atom stereocenters. The Balaban J connectivity index is 1.60. The lowest BCUT2D eigenvalue weighted by Crippen LogP contribution is -2.57. The summed E-state index contributed by atoms with van der Waals surface area (Å²) in [4.78, 5) is 27.8. The van der Waals surface area contributed by atoms with E-state index in [4.69, 9.17) is 4.74 Å². The van der Waals surface area contributed by atoms with Crippen LogP contribution in [0.2, 0.25) is 0 Å². The number of halogens is 3. The van der Waals surface area contributed by atoms with Crippen LogP contribution in [-0.4, -0.2) is 48.4 Å². The largest absolute Gasteiger partial charge is 0.491 e. The average Bonchev–Trinajstić information content (AvgIpc) is 2.83. The molecule has 2 heterocycles. The summed E-state index contributed by atoms with van der Waals surface area (Å²) in [5, 5.41) is 0. The van der Waals surface area contributed by atoms with Crippen LogP contribution in [0.1, 0.15) is 32.1 Å². The minimum absolute atomic E-state index is 0.0372. The Morgan fingerprint density at radius 2 is 1.57 bits per heavy atom. The second-order valence-corrected chi connectivity index (χ2v) is 10.4. The number of hydrogen-bond acceptors (Lipinski definition) is 7. The van der Waals surface area contributed by atoms with Crippen LogP contribution in [0, 0.1) is 11.8 Å². The van der Waals surface area contributed by atoms with Gasteiger partial charge < -0.3 is 9.47 Å². The Kier molecular flexibility index (Phi) is 7.13. The van der Waals surface area contributed by atoms with Gasteiger partial charge in [0.05, 0.1) is 4.90 Å². The second kappa shape index (κ2) is 9.94. The van der Waals surface area contributed by atoms with Crippen molar-refractivity contribution in [3.8, 4) is 11.5 Å². The molecule has 2 aliphatic rings. The van der Waals surface area contributed by atoms with Crippen LogP contribution in [0.25, 0.3) is 0 Å². The van der Waals surface area contributed by atoms with E-state index in [1.165, 1.54) is 36.7 Å². The van der Waals surface area contributed by atoms with Gasteiger partial charge in [0, 0.05) is 18.9 Å². The van der Waals surface area contributed by atoms with Crippen LogP contribution in [0.3, 0.4) is 0 Å². The highest BCUT2D eigenvalue weighted by Gasteiger charge is 2.51. The van der Waals surface area contributed by atoms with Gasteiger partial charge in [-0.15, -0.1) is 0 Å². The minimum atomic E-state index is -5.37. The number of esters is 2. The molecular weight excluding hydrogens is 489 g/mol. The van der Waals surface area contributed by atoms with Gasteiger partial charge in [0.1, 0.15) is 17.5 Å². The maximum absolute atomic E-state index is 13.5. The number of sulfonamides is 1. The van der Waals surface area contributed by atoms with E-state index in [0.717, 1.165) is 17.1 Å². The molecule has 0 bridgehead atoms. The predicted molar refractivity (Wildman–Crippen MR) is 116 cm³/mol. The van der Waals surface area contributed by atoms with E-state index in [1.54, 1.807) is 12.1 Å². The van der Waals surface area contributed by atoms with Crippen molar-refractivity contribution in [3.05, 3.63) is 48.8 Å². The summed E-state index contributed by atoms with van der Waals surface area (Å²) in [6.45, 7) is -0.0707. The van der Waals surface area contributed by atoms with Gasteiger partial charge >= 0.3 is 18.1 Å². The van der Waals surface area contributed by atoms with Crippen LogP contribution >= 0.6 is 0 Å². The van der Waals surface area contributed by atoms with E-state index in [0.29, 0.717) is 30.8 Å². The third-order valence-electron chi connectivity index (χ3n) is 6.39. The first-order chi connectivity index (χ1) is 16.6. The molecule has 0 spiro atoms. The maximum Gasteiger partial charge on any atom is 0.491 e. The summed E-state index contributed by atoms with van der Waals surface area (Å²) >= 11 is 0. The minimum Gasteiger partial charge on any atom is -0.457 e. The van der Waals surface area contributed by atoms with E-state index in [9.17, 15) is 31.2 Å². The van der Waals surface area contributed by atoms with Gasteiger partial charge in [-0.2, -0.15) is 17.5 Å². The molecule has 0 radical (unpaired) electrons. The molecule has 8 nitrogen and oxygen atoms in total. The van der Waals surface area contributed by atoms with Gasteiger partial charge in [-0.3, -0.25) is 4.98 Å². The Morgan fingerprint density at radius 1 is 0.943 bits per heavy atom. The van der Waals surface area contributed by atoms with Crippen molar-refractivity contribution in [2.75, 3.05) is 6.54 Å². The number of fused-ring (bicyclic) bond motifs is 1. The molecule has 2 fully saturated rings. The topological polar surface area (TPSA) is 103 Å². The molecule has 0 N–H and O–H groups in total. The van der Waals surface area contributed by atoms with Crippen molar-refractivity contribution >= 4 is 22.0 Å². The number of benzene rings is 1. The Labute approximate surface area is 200 Å². The number of ether oxygens (including phenoxy) is 2. The van der Waals surface area contributed by atoms with Gasteiger partial charge in [0.25, 0.3) is 0 Å². The number of rotatable bonds is 5. The zero-order valence-electron chi connectivity index (χ0n) is 18.5. The van der Waals surface area contributed by atoms with Crippen molar-refractivity contribution in [1.29, 1.82) is 0 Å². The third kappa shape index (κ3) is 5.48. The highest BCUT2D eigenvalue weighted by atomic mass is 32.2. The van der Waals surface area contributed by atoms with Crippen molar-refractivity contribution in [3.63, 3.8) is 0 Å². The van der Waals surface area contributed by atoms with Gasteiger partial charge in [0.15, 0.2) is 0 Å². The van der Waals surface area contributed by atoms with Gasteiger partial charge in [0.2, 0.25) is 10.0 Å². The fourth-order valence-electron chi connectivity index (χ4n) is 4.79. The Bertz CT molecular complexity index is 1170. The molecule has 1 saturated carbocycles. The van der Waals surface area contributed by atoms with Crippen LogP contribution < -0.4 is 4.74 Å². The molecule has 35 heavy (non-hydrogen) atoms. The lowest BCUT2D eigenvalue weighted by molar-refractivity contribution is -0.204. The number of carbonyl (C=O) groups excluding carboxylic acids is 2. The van der Waals surface area contributed by atoms with Gasteiger partial charge in [-0.05, 0) is 61.1 Å². The summed E-state index contributed by atoms with van der Waals surface area (Å²) in [7, 11) is -4.29. The summed E-state index contributed by atoms with van der Waals surface area (Å²) in [6, 6.07) is 7.18. The molecule has 1 aliphatic carbocycles. The van der Waals surface area contributed by atoms with Crippen LogP contribution in [0.4, 0.5) is 13.2 Å². The molecule has 3 unspecified atom stereocenters. The Morgan fingerprint density at radius 3 is 2.23 bits per heavy atom. The molecule has 1 aliphatic heterocycles. The number of carbonyl (C=O) groups is 2. The number of pyridine rings is 1. The molecule has 1 aromatic carbocycles. The first kappa shape index (κ1) is 25.1. The first-order valence-corrected chi connectivity index (χ1v) is 12.5. The molecule has 4 rings (SSSR count). The van der Waals surface area contributed by atoms with Crippen LogP contribution in [0.15, 0.2) is 53.7 Å². The summed E-state index contributed by atoms with van der Waals surface area (Å²) in [5.74, 6) is -3.87. The first-order valence-electron chi connectivity index (χ1n) is 11.1. The van der Waals surface area contributed by atoms with Crippen molar-refractivity contribution in [1.82, 2.24) is 9.29 Å². The highest BCUT2D eigenvalue weighted by molar-refractivity contribution is 7.89. The van der Waals surface area contributed by atoms with Crippen molar-refractivity contribution < 1.29 is 40.7 Å². The quantitative estimate of drug-likeness (QED) is 0.439. The molecule has 1 saturated heterocycles. The second-order valence-electron chi connectivity index (χ2n) is 8.52. The van der Waals surface area contributed by atoms with Crippen LogP contribution in [0.5, 0.6) is 11.5 Å². The van der Waals surface area contributed by atoms with Crippen molar-refractivity contribution in [2.45, 2.75) is 49.2 Å². The summed E-state index contributed by atoms with van der Waals surface area (Å²) in [5.41, 5.74) is 0. The number of hydrogen-bond donors (Lipinski definition) is 0. The zero-order chi connectivity index (χ0) is 25.2. The number of alkyl halides is 3. The SMILES string of the molecule is O=C(OC(=O)C(F)(F)F)C1C2CCCCC2CCN1S(=O)(=O)c1ccc(Oc2ccncc2)cc1. The monoisotopic (exact) mass is 512 g/mol. The summed E-state index contributed by atoms with van der Waals surface area (Å²) < 4.78 is 75.8. The highest BCUT2D eigenvalue weighted by Crippen LogP contribution is 2.42. The Hall–Kier alpha value is -2.99. The number of aromatic nitrogens is 1. The lowest BCUT2D eigenvalue weighted by Gasteiger charge is -2.45. The average molecular weight is 513 g/mol. The van der Waals surface area contributed by atoms with E-state index in [2.05, 4.69) is 9.72 Å². The molecule has 1 aromatic heterocycles. The van der Waals surface area contributed by atoms with Gasteiger partial charge in [-0.25, -0.2) is 18.0 Å². The van der Waals surface area contributed by atoms with E-state index in [-0.39, 0.29) is 17.4 Å². The number of piperidine rings is 1. The predicted octanol–water partition coefficient (Wildman–Crippen LogP) is 4.08. The molecule has 12 heteroatoms. The van der Waals surface area contributed by atoms with E-state index < -0.39 is 40.1 Å². The number of nitrogens with zero attached hydrogens (tertiary/aromatic N) is 2. The fraction of sp³-hybridized carbons (Fsp3) is 0.435. The standard InChI is InChI=1S/C23H23F3N2O6S/c24-23(25,26)22(30)34-21(29)20-19-4-2-1-3-15(19)11-14-28(20)35(31,32)18-7-5-16(6-8-18)33-17-9-12-27-13-10-17/h5-10,12-13,15,19-20H,1-4,11,14H2. The molecular formula is C23H23F3N2O6S. The maximum atomic E-state index is 13.5. The molecule has 188 valence electrons. The van der Waals surface area contributed by atoms with Crippen LogP contribution in [-0.2, 0) is 24.3 Å².